The topological polar surface area (TPSA) is 86.8 Å². The monoisotopic (exact) mass is 507 g/mol. The quantitative estimate of drug-likeness (QED) is 0.467. The first-order valence-corrected chi connectivity index (χ1v) is 13.7. The van der Waals surface area contributed by atoms with Gasteiger partial charge in [-0.3, -0.25) is 13.9 Å². The smallest absolute Gasteiger partial charge is 0.242 e. The minimum Gasteiger partial charge on any atom is -0.355 e. The van der Waals surface area contributed by atoms with Crippen molar-refractivity contribution in [2.45, 2.75) is 52.6 Å². The van der Waals surface area contributed by atoms with E-state index >= 15 is 0 Å². The molecule has 0 aromatic heterocycles. The van der Waals surface area contributed by atoms with Crippen molar-refractivity contribution in [3.63, 3.8) is 0 Å². The molecule has 0 saturated carbocycles. The van der Waals surface area contributed by atoms with Crippen LogP contribution in [0.1, 0.15) is 44.2 Å². The van der Waals surface area contributed by atoms with Gasteiger partial charge in [-0.25, -0.2) is 8.42 Å². The Morgan fingerprint density at radius 3 is 2.32 bits per heavy atom. The predicted octanol–water partition coefficient (Wildman–Crippen LogP) is 4.14. The fourth-order valence-electron chi connectivity index (χ4n) is 3.83. The second kappa shape index (κ2) is 12.8. The van der Waals surface area contributed by atoms with Gasteiger partial charge < -0.3 is 10.2 Å². The van der Waals surface area contributed by atoms with E-state index in [9.17, 15) is 18.0 Å². The molecule has 2 rings (SSSR count). The van der Waals surface area contributed by atoms with E-state index in [1.807, 2.05) is 45.0 Å². The van der Waals surface area contributed by atoms with E-state index in [4.69, 9.17) is 11.6 Å². The summed E-state index contributed by atoms with van der Waals surface area (Å²) < 4.78 is 26.0. The number of amides is 2. The van der Waals surface area contributed by atoms with Crippen LogP contribution < -0.4 is 9.62 Å². The molecular formula is C25H34ClN3O4S. The highest BCUT2D eigenvalue weighted by Gasteiger charge is 2.28. The first-order valence-electron chi connectivity index (χ1n) is 11.4. The normalized spacial score (nSPS) is 12.1. The van der Waals surface area contributed by atoms with Crippen molar-refractivity contribution in [2.75, 3.05) is 23.7 Å². The lowest BCUT2D eigenvalue weighted by Crippen LogP contribution is -2.49. The number of aryl methyl sites for hydroxylation is 1. The second-order valence-electron chi connectivity index (χ2n) is 8.24. The van der Waals surface area contributed by atoms with E-state index in [0.717, 1.165) is 17.4 Å². The fourth-order valence-corrected chi connectivity index (χ4v) is 4.92. The molecule has 0 fully saturated rings. The van der Waals surface area contributed by atoms with Gasteiger partial charge in [-0.1, -0.05) is 48.4 Å². The van der Waals surface area contributed by atoms with Crippen LogP contribution in [-0.2, 0) is 26.2 Å². The number of rotatable bonds is 12. The zero-order valence-electron chi connectivity index (χ0n) is 20.3. The van der Waals surface area contributed by atoms with Crippen molar-refractivity contribution < 1.29 is 18.0 Å². The fraction of sp³-hybridized carbons (Fsp3) is 0.440. The van der Waals surface area contributed by atoms with E-state index in [0.29, 0.717) is 36.6 Å². The molecule has 2 amide bonds. The summed E-state index contributed by atoms with van der Waals surface area (Å²) in [6, 6.07) is 13.8. The summed E-state index contributed by atoms with van der Waals surface area (Å²) in [5, 5.41) is 3.33. The van der Waals surface area contributed by atoms with Crippen LogP contribution in [-0.4, -0.2) is 50.5 Å². The van der Waals surface area contributed by atoms with Gasteiger partial charge in [0.25, 0.3) is 0 Å². The first-order chi connectivity index (χ1) is 16.1. The number of benzene rings is 2. The van der Waals surface area contributed by atoms with Gasteiger partial charge in [0.15, 0.2) is 0 Å². The lowest BCUT2D eigenvalue weighted by atomic mass is 10.1. The van der Waals surface area contributed by atoms with Crippen molar-refractivity contribution in [1.29, 1.82) is 0 Å². The van der Waals surface area contributed by atoms with Gasteiger partial charge in [-0.05, 0) is 56.5 Å². The molecule has 34 heavy (non-hydrogen) atoms. The Morgan fingerprint density at radius 1 is 1.09 bits per heavy atom. The van der Waals surface area contributed by atoms with Crippen molar-refractivity contribution in [2.24, 2.45) is 0 Å². The molecule has 1 atom stereocenters. The molecule has 0 saturated heterocycles. The predicted molar refractivity (Wildman–Crippen MR) is 137 cm³/mol. The van der Waals surface area contributed by atoms with Crippen LogP contribution in [0, 0.1) is 6.92 Å². The molecule has 0 bridgehead atoms. The minimum atomic E-state index is -3.54. The Morgan fingerprint density at radius 2 is 1.76 bits per heavy atom. The van der Waals surface area contributed by atoms with E-state index in [2.05, 4.69) is 5.32 Å². The summed E-state index contributed by atoms with van der Waals surface area (Å²) in [6.45, 7) is 6.63. The summed E-state index contributed by atoms with van der Waals surface area (Å²) in [6.07, 6.45) is 2.03. The van der Waals surface area contributed by atoms with E-state index in [-0.39, 0.29) is 24.8 Å². The van der Waals surface area contributed by atoms with Crippen LogP contribution in [0.25, 0.3) is 0 Å². The number of sulfonamides is 1. The van der Waals surface area contributed by atoms with Crippen LogP contribution in [0.5, 0.6) is 0 Å². The largest absolute Gasteiger partial charge is 0.355 e. The molecule has 7 nitrogen and oxygen atoms in total. The van der Waals surface area contributed by atoms with E-state index < -0.39 is 16.1 Å². The number of hydrogen-bond donors (Lipinski definition) is 1. The van der Waals surface area contributed by atoms with Gasteiger partial charge in [0, 0.05) is 31.1 Å². The van der Waals surface area contributed by atoms with Crippen molar-refractivity contribution in [1.82, 2.24) is 10.2 Å². The van der Waals surface area contributed by atoms with Crippen molar-refractivity contribution >= 4 is 39.1 Å². The van der Waals surface area contributed by atoms with Gasteiger partial charge in [0.05, 0.1) is 11.9 Å². The molecule has 2 aromatic rings. The van der Waals surface area contributed by atoms with Gasteiger partial charge in [0.2, 0.25) is 21.8 Å². The number of nitrogens with one attached hydrogen (secondary N) is 1. The molecule has 0 aliphatic carbocycles. The van der Waals surface area contributed by atoms with Crippen LogP contribution >= 0.6 is 11.6 Å². The molecule has 0 radical (unpaired) electrons. The minimum absolute atomic E-state index is 0.112. The molecule has 9 heteroatoms. The number of likely N-dealkylation sites (N-methyl/N-ethyl adjacent to an activating group) is 1. The Labute approximate surface area is 208 Å². The van der Waals surface area contributed by atoms with Gasteiger partial charge >= 0.3 is 0 Å². The zero-order valence-corrected chi connectivity index (χ0v) is 21.8. The Balaban J connectivity index is 2.19. The SMILES string of the molecule is CCNC(=O)[C@@H](CC)N(Cc1cccc(C)c1)C(=O)CCCN(c1ccc(Cl)cc1)S(C)(=O)=O. The number of carbonyl (C=O) groups is 2. The lowest BCUT2D eigenvalue weighted by Gasteiger charge is -2.31. The van der Waals surface area contributed by atoms with Gasteiger partial charge in [-0.2, -0.15) is 0 Å². The third-order valence-electron chi connectivity index (χ3n) is 5.44. The van der Waals surface area contributed by atoms with Crippen LogP contribution in [0.2, 0.25) is 5.02 Å². The highest BCUT2D eigenvalue weighted by molar-refractivity contribution is 7.92. The highest BCUT2D eigenvalue weighted by atomic mass is 35.5. The Kier molecular flexibility index (Phi) is 10.4. The highest BCUT2D eigenvalue weighted by Crippen LogP contribution is 2.22. The van der Waals surface area contributed by atoms with Crippen LogP contribution in [0.4, 0.5) is 5.69 Å². The van der Waals surface area contributed by atoms with Crippen molar-refractivity contribution in [3.8, 4) is 0 Å². The molecular weight excluding hydrogens is 474 g/mol. The number of carbonyl (C=O) groups excluding carboxylic acids is 2. The molecule has 0 unspecified atom stereocenters. The van der Waals surface area contributed by atoms with Gasteiger partial charge in [-0.15, -0.1) is 0 Å². The van der Waals surface area contributed by atoms with E-state index in [1.54, 1.807) is 29.2 Å². The summed E-state index contributed by atoms with van der Waals surface area (Å²) in [4.78, 5) is 27.6. The number of nitrogens with zero attached hydrogens (tertiary/aromatic N) is 2. The van der Waals surface area contributed by atoms with Crippen molar-refractivity contribution in [3.05, 3.63) is 64.7 Å². The maximum atomic E-state index is 13.3. The number of anilines is 1. The Bertz CT molecular complexity index is 1070. The zero-order chi connectivity index (χ0) is 25.3. The lowest BCUT2D eigenvalue weighted by molar-refractivity contribution is -0.141. The third kappa shape index (κ3) is 8.02. The number of hydrogen-bond acceptors (Lipinski definition) is 4. The Hall–Kier alpha value is -2.58. The molecule has 2 aromatic carbocycles. The number of halogens is 1. The molecule has 186 valence electrons. The van der Waals surface area contributed by atoms with Gasteiger partial charge in [0.1, 0.15) is 6.04 Å². The summed E-state index contributed by atoms with van der Waals surface area (Å²) in [5.41, 5.74) is 2.50. The molecule has 1 N–H and O–H groups in total. The molecule has 0 spiro atoms. The molecule has 0 aliphatic heterocycles. The average Bonchev–Trinajstić information content (AvgIpc) is 2.76. The summed E-state index contributed by atoms with van der Waals surface area (Å²) in [5.74, 6) is -0.380. The average molecular weight is 508 g/mol. The van der Waals surface area contributed by atoms with E-state index in [1.165, 1.54) is 4.31 Å². The summed E-state index contributed by atoms with van der Waals surface area (Å²) >= 11 is 5.93. The molecule has 0 aliphatic rings. The molecule has 0 heterocycles. The van der Waals surface area contributed by atoms with Crippen LogP contribution in [0.3, 0.4) is 0 Å². The summed E-state index contributed by atoms with van der Waals surface area (Å²) in [7, 11) is -3.54. The first kappa shape index (κ1) is 27.7. The van der Waals surface area contributed by atoms with Crippen LogP contribution in [0.15, 0.2) is 48.5 Å². The maximum Gasteiger partial charge on any atom is 0.242 e. The third-order valence-corrected chi connectivity index (χ3v) is 6.89. The maximum absolute atomic E-state index is 13.3. The standard InChI is InChI=1S/C25H34ClN3O4S/c1-5-23(25(31)27-6-2)28(18-20-10-7-9-19(3)17-20)24(30)11-8-16-29(34(4,32)33)22-14-12-21(26)13-15-22/h7,9-10,12-15,17,23H,5-6,8,11,16,18H2,1-4H3,(H,27,31)/t23-/m1/s1. The second-order valence-corrected chi connectivity index (χ2v) is 10.6.